The van der Waals surface area contributed by atoms with E-state index in [2.05, 4.69) is 10.2 Å². The Kier molecular flexibility index (Phi) is 5.94. The summed E-state index contributed by atoms with van der Waals surface area (Å²) in [4.78, 5) is 41.6. The Morgan fingerprint density at radius 3 is 2.67 bits per heavy atom. The van der Waals surface area contributed by atoms with E-state index in [-0.39, 0.29) is 36.3 Å². The van der Waals surface area contributed by atoms with Gasteiger partial charge in [0.2, 0.25) is 5.91 Å². The maximum absolute atomic E-state index is 13.0. The highest BCUT2D eigenvalue weighted by atomic mass is 19.1. The molecule has 2 aromatic rings. The third-order valence-corrected chi connectivity index (χ3v) is 5.82. The fraction of sp³-hybridized carbons (Fsp3) is 0.409. The highest BCUT2D eigenvalue weighted by Crippen LogP contribution is 2.22. The quantitative estimate of drug-likeness (QED) is 0.802. The Labute approximate surface area is 174 Å². The first-order valence-corrected chi connectivity index (χ1v) is 10.2. The molecule has 1 atom stereocenters. The van der Waals surface area contributed by atoms with E-state index in [9.17, 15) is 18.8 Å². The van der Waals surface area contributed by atoms with Crippen LogP contribution in [-0.2, 0) is 17.9 Å². The van der Waals surface area contributed by atoms with Gasteiger partial charge in [-0.25, -0.2) is 4.39 Å². The lowest BCUT2D eigenvalue weighted by molar-refractivity contribution is -0.121. The summed E-state index contributed by atoms with van der Waals surface area (Å²) >= 11 is 0. The van der Waals surface area contributed by atoms with E-state index >= 15 is 0 Å². The van der Waals surface area contributed by atoms with E-state index in [1.807, 2.05) is 4.90 Å². The van der Waals surface area contributed by atoms with Gasteiger partial charge in [-0.05, 0) is 43.1 Å². The maximum atomic E-state index is 13.0. The second-order valence-electron chi connectivity index (χ2n) is 7.87. The normalized spacial score (nSPS) is 18.8. The number of aromatic nitrogens is 1. The molecule has 0 aliphatic carbocycles. The SMILES string of the molecule is O=C(Cn1cc(C(=O)N2CCN3CCCC3C2)ccc1=O)NCc1ccc(F)cc1. The minimum atomic E-state index is -0.356. The number of hydrogen-bond donors (Lipinski definition) is 1. The summed E-state index contributed by atoms with van der Waals surface area (Å²) in [5.41, 5.74) is 0.823. The molecular formula is C22H25FN4O3. The molecule has 2 aliphatic rings. The number of piperazine rings is 1. The lowest BCUT2D eigenvalue weighted by atomic mass is 10.1. The average molecular weight is 412 g/mol. The van der Waals surface area contributed by atoms with Crippen molar-refractivity contribution < 1.29 is 14.0 Å². The molecule has 1 aromatic carbocycles. The number of rotatable bonds is 5. The van der Waals surface area contributed by atoms with Gasteiger partial charge in [0.15, 0.2) is 0 Å². The van der Waals surface area contributed by atoms with Gasteiger partial charge in [0.1, 0.15) is 12.4 Å². The van der Waals surface area contributed by atoms with Crippen molar-refractivity contribution in [1.82, 2.24) is 19.7 Å². The van der Waals surface area contributed by atoms with Crippen LogP contribution in [0.25, 0.3) is 0 Å². The number of carbonyl (C=O) groups excluding carboxylic acids is 2. The van der Waals surface area contributed by atoms with E-state index in [4.69, 9.17) is 0 Å². The summed E-state index contributed by atoms with van der Waals surface area (Å²) in [5, 5.41) is 2.71. The molecule has 30 heavy (non-hydrogen) atoms. The molecule has 1 N–H and O–H groups in total. The fourth-order valence-corrected chi connectivity index (χ4v) is 4.15. The smallest absolute Gasteiger partial charge is 0.255 e. The number of halogens is 1. The maximum Gasteiger partial charge on any atom is 0.255 e. The van der Waals surface area contributed by atoms with Crippen LogP contribution < -0.4 is 10.9 Å². The predicted molar refractivity (Wildman–Crippen MR) is 109 cm³/mol. The van der Waals surface area contributed by atoms with Gasteiger partial charge >= 0.3 is 0 Å². The monoisotopic (exact) mass is 412 g/mol. The summed E-state index contributed by atoms with van der Waals surface area (Å²) in [6.07, 6.45) is 3.74. The molecule has 2 aliphatic heterocycles. The van der Waals surface area contributed by atoms with E-state index in [0.29, 0.717) is 24.7 Å². The molecular weight excluding hydrogens is 387 g/mol. The number of benzene rings is 1. The van der Waals surface area contributed by atoms with Crippen molar-refractivity contribution in [1.29, 1.82) is 0 Å². The Balaban J connectivity index is 1.38. The molecule has 8 heteroatoms. The van der Waals surface area contributed by atoms with Crippen molar-refractivity contribution in [3.05, 3.63) is 69.9 Å². The molecule has 2 fully saturated rings. The molecule has 2 saturated heterocycles. The van der Waals surface area contributed by atoms with Crippen molar-refractivity contribution in [3.63, 3.8) is 0 Å². The molecule has 158 valence electrons. The number of hydrogen-bond acceptors (Lipinski definition) is 4. The van der Waals surface area contributed by atoms with E-state index < -0.39 is 0 Å². The first kappa shape index (κ1) is 20.3. The third kappa shape index (κ3) is 4.59. The van der Waals surface area contributed by atoms with Crippen LogP contribution in [0.3, 0.4) is 0 Å². The molecule has 0 spiro atoms. The topological polar surface area (TPSA) is 74.7 Å². The Morgan fingerprint density at radius 1 is 1.07 bits per heavy atom. The fourth-order valence-electron chi connectivity index (χ4n) is 4.15. The second kappa shape index (κ2) is 8.79. The van der Waals surface area contributed by atoms with Crippen LogP contribution in [0.15, 0.2) is 47.4 Å². The number of pyridine rings is 1. The van der Waals surface area contributed by atoms with Crippen molar-refractivity contribution in [2.75, 3.05) is 26.2 Å². The standard InChI is InChI=1S/C22H25FN4O3/c23-18-6-3-16(4-7-18)12-24-20(28)15-27-13-17(5-8-21(27)29)22(30)26-11-10-25-9-1-2-19(25)14-26/h3-8,13,19H,1-2,9-12,14-15H2,(H,24,28). The molecule has 7 nitrogen and oxygen atoms in total. The minimum Gasteiger partial charge on any atom is -0.350 e. The van der Waals surface area contributed by atoms with Gasteiger partial charge in [0, 0.05) is 44.5 Å². The minimum absolute atomic E-state index is 0.109. The molecule has 1 aromatic heterocycles. The van der Waals surface area contributed by atoms with Crippen LogP contribution >= 0.6 is 0 Å². The molecule has 0 radical (unpaired) electrons. The van der Waals surface area contributed by atoms with Crippen LogP contribution in [0.2, 0.25) is 0 Å². The Hall–Kier alpha value is -3.00. The van der Waals surface area contributed by atoms with E-state index in [1.165, 1.54) is 41.5 Å². The first-order chi connectivity index (χ1) is 14.5. The van der Waals surface area contributed by atoms with Gasteiger partial charge in [-0.1, -0.05) is 12.1 Å². The van der Waals surface area contributed by atoms with Crippen molar-refractivity contribution in [3.8, 4) is 0 Å². The zero-order valence-corrected chi connectivity index (χ0v) is 16.7. The summed E-state index contributed by atoms with van der Waals surface area (Å²) in [7, 11) is 0. The average Bonchev–Trinajstić information content (AvgIpc) is 3.22. The van der Waals surface area contributed by atoms with E-state index in [0.717, 1.165) is 25.1 Å². The molecule has 1 unspecified atom stereocenters. The van der Waals surface area contributed by atoms with Gasteiger partial charge in [-0.15, -0.1) is 0 Å². The zero-order chi connectivity index (χ0) is 21.1. The van der Waals surface area contributed by atoms with Crippen molar-refractivity contribution in [2.45, 2.75) is 32.0 Å². The summed E-state index contributed by atoms with van der Waals surface area (Å²) in [6.45, 7) is 3.41. The van der Waals surface area contributed by atoms with Crippen LogP contribution in [0.5, 0.6) is 0 Å². The number of nitrogens with zero attached hydrogens (tertiary/aromatic N) is 3. The molecule has 2 amide bonds. The molecule has 0 bridgehead atoms. The first-order valence-electron chi connectivity index (χ1n) is 10.2. The van der Waals surface area contributed by atoms with Gasteiger partial charge in [-0.2, -0.15) is 0 Å². The number of fused-ring (bicyclic) bond motifs is 1. The zero-order valence-electron chi connectivity index (χ0n) is 16.7. The lowest BCUT2D eigenvalue weighted by Gasteiger charge is -2.37. The number of nitrogens with one attached hydrogen (secondary N) is 1. The summed E-state index contributed by atoms with van der Waals surface area (Å²) in [5.74, 6) is -0.805. The summed E-state index contributed by atoms with van der Waals surface area (Å²) in [6, 6.07) is 9.10. The van der Waals surface area contributed by atoms with Crippen LogP contribution in [0, 0.1) is 5.82 Å². The van der Waals surface area contributed by atoms with Crippen molar-refractivity contribution in [2.24, 2.45) is 0 Å². The third-order valence-electron chi connectivity index (χ3n) is 5.82. The Morgan fingerprint density at radius 2 is 1.87 bits per heavy atom. The van der Waals surface area contributed by atoms with Crippen LogP contribution in [-0.4, -0.2) is 58.4 Å². The van der Waals surface area contributed by atoms with Gasteiger partial charge in [0.05, 0.1) is 5.56 Å². The van der Waals surface area contributed by atoms with Gasteiger partial charge in [0.25, 0.3) is 11.5 Å². The van der Waals surface area contributed by atoms with Crippen LogP contribution in [0.4, 0.5) is 4.39 Å². The second-order valence-corrected chi connectivity index (χ2v) is 7.87. The highest BCUT2D eigenvalue weighted by molar-refractivity contribution is 5.94. The molecule has 4 rings (SSSR count). The largest absolute Gasteiger partial charge is 0.350 e. The van der Waals surface area contributed by atoms with Gasteiger partial charge < -0.3 is 14.8 Å². The molecule has 3 heterocycles. The number of carbonyl (C=O) groups is 2. The number of amides is 2. The van der Waals surface area contributed by atoms with Crippen molar-refractivity contribution >= 4 is 11.8 Å². The highest BCUT2D eigenvalue weighted by Gasteiger charge is 2.32. The lowest BCUT2D eigenvalue weighted by Crippen LogP contribution is -2.52. The summed E-state index contributed by atoms with van der Waals surface area (Å²) < 4.78 is 14.2. The predicted octanol–water partition coefficient (Wildman–Crippen LogP) is 1.22. The van der Waals surface area contributed by atoms with Gasteiger partial charge in [-0.3, -0.25) is 19.3 Å². The van der Waals surface area contributed by atoms with Crippen LogP contribution in [0.1, 0.15) is 28.8 Å². The molecule has 0 saturated carbocycles. The van der Waals surface area contributed by atoms with E-state index in [1.54, 1.807) is 12.1 Å². The Bertz CT molecular complexity index is 989.